The Morgan fingerprint density at radius 1 is 1.29 bits per heavy atom. The van der Waals surface area contributed by atoms with Crippen LogP contribution in [-0.4, -0.2) is 49.7 Å². The summed E-state index contributed by atoms with van der Waals surface area (Å²) in [5.74, 6) is -0.578. The number of hydrogen-bond acceptors (Lipinski definition) is 4. The van der Waals surface area contributed by atoms with E-state index in [1.165, 1.54) is 8.61 Å². The van der Waals surface area contributed by atoms with Gasteiger partial charge in [-0.05, 0) is 5.56 Å². The minimum absolute atomic E-state index is 0.00241. The third kappa shape index (κ3) is 2.68. The molecule has 114 valence electrons. The monoisotopic (exact) mass is 310 g/mol. The van der Waals surface area contributed by atoms with E-state index in [0.29, 0.717) is 19.7 Å². The second-order valence-electron chi connectivity index (χ2n) is 5.56. The highest BCUT2D eigenvalue weighted by atomic mass is 32.2. The molecule has 0 N–H and O–H groups in total. The van der Waals surface area contributed by atoms with Crippen molar-refractivity contribution in [2.75, 3.05) is 26.7 Å². The molecule has 0 radical (unpaired) electrons. The molecule has 1 aromatic carbocycles. The Morgan fingerprint density at radius 3 is 2.67 bits per heavy atom. The maximum Gasteiger partial charge on any atom is 0.310 e. The molecule has 0 bridgehead atoms. The summed E-state index contributed by atoms with van der Waals surface area (Å²) in [6, 6.07) is 9.44. The number of carbonyl (C=O) groups excluding carboxylic acids is 1. The Kier molecular flexibility index (Phi) is 3.73. The number of ether oxygens (including phenoxy) is 1. The first-order valence-corrected chi connectivity index (χ1v) is 8.30. The van der Waals surface area contributed by atoms with E-state index < -0.39 is 10.2 Å². The fourth-order valence-corrected chi connectivity index (χ4v) is 4.31. The van der Waals surface area contributed by atoms with Gasteiger partial charge in [-0.3, -0.25) is 4.79 Å². The summed E-state index contributed by atoms with van der Waals surface area (Å²) in [6.07, 6.45) is 0. The Hall–Kier alpha value is -1.44. The van der Waals surface area contributed by atoms with Gasteiger partial charge in [0, 0.05) is 32.6 Å². The van der Waals surface area contributed by atoms with Crippen molar-refractivity contribution < 1.29 is 17.9 Å². The molecule has 3 rings (SSSR count). The quantitative estimate of drug-likeness (QED) is 0.758. The summed E-state index contributed by atoms with van der Waals surface area (Å²) in [7, 11) is -1.98. The first kappa shape index (κ1) is 14.5. The maximum absolute atomic E-state index is 12.6. The van der Waals surface area contributed by atoms with Gasteiger partial charge in [-0.15, -0.1) is 0 Å². The number of hydrogen-bond donors (Lipinski definition) is 0. The number of cyclic esters (lactones) is 1. The van der Waals surface area contributed by atoms with Crippen LogP contribution in [0, 0.1) is 11.8 Å². The molecule has 0 spiro atoms. The van der Waals surface area contributed by atoms with Gasteiger partial charge in [-0.25, -0.2) is 0 Å². The highest BCUT2D eigenvalue weighted by Gasteiger charge is 2.48. The smallest absolute Gasteiger partial charge is 0.310 e. The lowest BCUT2D eigenvalue weighted by Crippen LogP contribution is -2.41. The molecule has 0 aromatic heterocycles. The zero-order valence-electron chi connectivity index (χ0n) is 11.8. The minimum atomic E-state index is -3.54. The first-order valence-electron chi connectivity index (χ1n) is 6.90. The van der Waals surface area contributed by atoms with Crippen LogP contribution in [0.2, 0.25) is 0 Å². The van der Waals surface area contributed by atoms with Crippen molar-refractivity contribution in [3.63, 3.8) is 0 Å². The van der Waals surface area contributed by atoms with Crippen LogP contribution in [0.5, 0.6) is 0 Å². The third-order valence-electron chi connectivity index (χ3n) is 4.12. The fourth-order valence-electron chi connectivity index (χ4n) is 2.87. The lowest BCUT2D eigenvalue weighted by molar-refractivity contribution is -0.141. The number of benzene rings is 1. The zero-order valence-corrected chi connectivity index (χ0v) is 12.6. The van der Waals surface area contributed by atoms with Gasteiger partial charge in [0.2, 0.25) is 0 Å². The van der Waals surface area contributed by atoms with Gasteiger partial charge in [0.25, 0.3) is 10.2 Å². The molecule has 0 saturated carbocycles. The summed E-state index contributed by atoms with van der Waals surface area (Å²) >= 11 is 0. The second kappa shape index (κ2) is 5.40. The number of rotatable bonds is 4. The molecule has 2 fully saturated rings. The molecule has 21 heavy (non-hydrogen) atoms. The predicted octanol–water partition coefficient (Wildman–Crippen LogP) is 0.468. The van der Waals surface area contributed by atoms with Gasteiger partial charge in [-0.2, -0.15) is 17.0 Å². The molecule has 7 heteroatoms. The highest BCUT2D eigenvalue weighted by molar-refractivity contribution is 7.86. The molecule has 2 aliphatic rings. The van der Waals surface area contributed by atoms with Gasteiger partial charge in [-0.1, -0.05) is 30.3 Å². The van der Waals surface area contributed by atoms with Crippen molar-refractivity contribution in [1.82, 2.24) is 8.61 Å². The standard InChI is InChI=1S/C14H18N2O4S/c1-15(7-11-5-3-2-4-6-11)21(18,19)16-8-12-10-20-14(17)13(12)9-16/h2-6,12-13H,7-10H2,1H3/t12-,13-/m1/s1. The molecule has 6 nitrogen and oxygen atoms in total. The van der Waals surface area contributed by atoms with Gasteiger partial charge < -0.3 is 4.74 Å². The lowest BCUT2D eigenvalue weighted by atomic mass is 10.0. The van der Waals surface area contributed by atoms with Crippen molar-refractivity contribution in [2.24, 2.45) is 11.8 Å². The van der Waals surface area contributed by atoms with Gasteiger partial charge in [0.05, 0.1) is 12.5 Å². The average Bonchev–Trinajstić information content (AvgIpc) is 3.03. The predicted molar refractivity (Wildman–Crippen MR) is 76.3 cm³/mol. The van der Waals surface area contributed by atoms with E-state index in [-0.39, 0.29) is 24.3 Å². The van der Waals surface area contributed by atoms with Crippen LogP contribution >= 0.6 is 0 Å². The second-order valence-corrected chi connectivity index (χ2v) is 7.60. The Labute approximate surface area is 124 Å². The lowest BCUT2D eigenvalue weighted by Gasteiger charge is -2.24. The molecule has 0 unspecified atom stereocenters. The molecular formula is C14H18N2O4S. The van der Waals surface area contributed by atoms with Crippen LogP contribution in [-0.2, 0) is 26.3 Å². The Bertz CT molecular complexity index is 632. The Balaban J connectivity index is 1.71. The van der Waals surface area contributed by atoms with Gasteiger partial charge >= 0.3 is 5.97 Å². The van der Waals surface area contributed by atoms with Gasteiger partial charge in [0.15, 0.2) is 0 Å². The number of esters is 1. The van der Waals surface area contributed by atoms with E-state index in [2.05, 4.69) is 0 Å². The summed E-state index contributed by atoms with van der Waals surface area (Å²) in [4.78, 5) is 11.5. The van der Waals surface area contributed by atoms with Crippen LogP contribution in [0.15, 0.2) is 30.3 Å². The first-order chi connectivity index (χ1) is 9.98. The topological polar surface area (TPSA) is 66.9 Å². The molecule has 2 aliphatic heterocycles. The SMILES string of the molecule is CN(Cc1ccccc1)S(=O)(=O)N1C[C@@H]2COC(=O)[C@@H]2C1. The van der Waals surface area contributed by atoms with E-state index in [1.807, 2.05) is 30.3 Å². The highest BCUT2D eigenvalue weighted by Crippen LogP contribution is 2.32. The van der Waals surface area contributed by atoms with Crippen molar-refractivity contribution in [1.29, 1.82) is 0 Å². The van der Waals surface area contributed by atoms with E-state index in [9.17, 15) is 13.2 Å². The number of carbonyl (C=O) groups is 1. The summed E-state index contributed by atoms with van der Waals surface area (Å²) in [6.45, 7) is 1.24. The summed E-state index contributed by atoms with van der Waals surface area (Å²) < 4.78 is 32.8. The third-order valence-corrected chi connectivity index (χ3v) is 5.99. The van der Waals surface area contributed by atoms with Crippen LogP contribution in [0.1, 0.15) is 5.56 Å². The molecule has 2 heterocycles. The van der Waals surface area contributed by atoms with E-state index >= 15 is 0 Å². The van der Waals surface area contributed by atoms with Crippen LogP contribution < -0.4 is 0 Å². The average molecular weight is 310 g/mol. The van der Waals surface area contributed by atoms with E-state index in [4.69, 9.17) is 4.74 Å². The number of fused-ring (bicyclic) bond motifs is 1. The largest absolute Gasteiger partial charge is 0.465 e. The summed E-state index contributed by atoms with van der Waals surface area (Å²) in [5.41, 5.74) is 0.933. The van der Waals surface area contributed by atoms with Crippen molar-refractivity contribution in [2.45, 2.75) is 6.54 Å². The van der Waals surface area contributed by atoms with E-state index in [0.717, 1.165) is 5.56 Å². The Morgan fingerprint density at radius 2 is 2.00 bits per heavy atom. The number of nitrogens with zero attached hydrogens (tertiary/aromatic N) is 2. The van der Waals surface area contributed by atoms with E-state index in [1.54, 1.807) is 7.05 Å². The molecule has 2 atom stereocenters. The van der Waals surface area contributed by atoms with Crippen LogP contribution in [0.3, 0.4) is 0 Å². The van der Waals surface area contributed by atoms with Gasteiger partial charge in [0.1, 0.15) is 0 Å². The maximum atomic E-state index is 12.6. The van der Waals surface area contributed by atoms with Crippen molar-refractivity contribution >= 4 is 16.2 Å². The molecule has 1 aromatic rings. The van der Waals surface area contributed by atoms with Crippen molar-refractivity contribution in [3.05, 3.63) is 35.9 Å². The van der Waals surface area contributed by atoms with Crippen LogP contribution in [0.25, 0.3) is 0 Å². The normalized spacial score (nSPS) is 26.1. The molecular weight excluding hydrogens is 292 g/mol. The minimum Gasteiger partial charge on any atom is -0.465 e. The van der Waals surface area contributed by atoms with Crippen molar-refractivity contribution in [3.8, 4) is 0 Å². The molecule has 0 aliphatic carbocycles. The van der Waals surface area contributed by atoms with Crippen LogP contribution in [0.4, 0.5) is 0 Å². The molecule has 0 amide bonds. The summed E-state index contributed by atoms with van der Waals surface area (Å²) in [5, 5.41) is 0. The zero-order chi connectivity index (χ0) is 15.0. The molecule has 2 saturated heterocycles. The fraction of sp³-hybridized carbons (Fsp3) is 0.500.